The molecule has 3 heterocycles. The van der Waals surface area contributed by atoms with Gasteiger partial charge in [0, 0.05) is 19.1 Å². The number of nitrogens with one attached hydrogen (secondary N) is 1. The normalized spacial score (nSPS) is 18.8. The molecule has 0 bridgehead atoms. The molecule has 0 fully saturated rings. The maximum atomic E-state index is 13.7. The molecule has 2 unspecified atom stereocenters. The van der Waals surface area contributed by atoms with E-state index in [2.05, 4.69) is 22.0 Å². The van der Waals surface area contributed by atoms with E-state index in [0.29, 0.717) is 10.6 Å². The van der Waals surface area contributed by atoms with Crippen molar-refractivity contribution >= 4 is 28.9 Å². The van der Waals surface area contributed by atoms with Crippen LogP contribution in [0.4, 0.5) is 11.4 Å². The van der Waals surface area contributed by atoms with Gasteiger partial charge in [0.15, 0.2) is 0 Å². The maximum Gasteiger partial charge on any atom is 0.261 e. The lowest BCUT2D eigenvalue weighted by molar-refractivity contribution is 0.0166. The number of carbonyl (C=O) groups is 1. The Balaban J connectivity index is 1.76. The van der Waals surface area contributed by atoms with Crippen molar-refractivity contribution < 1.29 is 9.90 Å². The van der Waals surface area contributed by atoms with Crippen LogP contribution < -0.4 is 10.2 Å². The molecule has 0 aliphatic carbocycles. The molecule has 170 valence electrons. The Kier molecular flexibility index (Phi) is 4.69. The molecule has 1 aromatic heterocycles. The van der Waals surface area contributed by atoms with E-state index in [9.17, 15) is 9.90 Å². The SMILES string of the molecule is CN1C(=O)c2c(c3n(c2-c2ccc(Cl)cc2)-c2ccccc2NC3c2ccccc2)N(C)C1O. The van der Waals surface area contributed by atoms with E-state index in [-0.39, 0.29) is 11.9 Å². The standard InChI is InChI=1S/C27H23ClN4O2/c1-30-24-21(26(33)31(2)27(30)34)23(17-12-14-18(28)15-13-17)32-20-11-7-6-10-19(20)29-22(25(24)32)16-8-4-3-5-9-16/h3-15,22,27,29,34H,1-2H3. The summed E-state index contributed by atoms with van der Waals surface area (Å²) in [6.45, 7) is 0. The van der Waals surface area contributed by atoms with Crippen LogP contribution in [0.3, 0.4) is 0 Å². The second-order valence-electron chi connectivity index (χ2n) is 8.68. The highest BCUT2D eigenvalue weighted by Gasteiger charge is 2.44. The molecule has 6 rings (SSSR count). The molecule has 0 spiro atoms. The average molecular weight is 471 g/mol. The molecule has 7 heteroatoms. The van der Waals surface area contributed by atoms with Crippen molar-refractivity contribution in [1.82, 2.24) is 9.47 Å². The van der Waals surface area contributed by atoms with Gasteiger partial charge in [0.25, 0.3) is 5.91 Å². The first-order valence-corrected chi connectivity index (χ1v) is 11.5. The monoisotopic (exact) mass is 470 g/mol. The highest BCUT2D eigenvalue weighted by molar-refractivity contribution is 6.30. The van der Waals surface area contributed by atoms with E-state index >= 15 is 0 Å². The largest absolute Gasteiger partial charge is 0.371 e. The fraction of sp³-hybridized carbons (Fsp3) is 0.148. The van der Waals surface area contributed by atoms with Crippen LogP contribution in [0.25, 0.3) is 16.9 Å². The molecular weight excluding hydrogens is 448 g/mol. The van der Waals surface area contributed by atoms with Gasteiger partial charge in [0.1, 0.15) is 0 Å². The van der Waals surface area contributed by atoms with Crippen LogP contribution in [-0.4, -0.2) is 40.9 Å². The van der Waals surface area contributed by atoms with Gasteiger partial charge in [-0.25, -0.2) is 0 Å². The van der Waals surface area contributed by atoms with Crippen molar-refractivity contribution in [2.45, 2.75) is 12.4 Å². The molecular formula is C27H23ClN4O2. The van der Waals surface area contributed by atoms with Gasteiger partial charge in [-0.05, 0) is 35.4 Å². The van der Waals surface area contributed by atoms with Gasteiger partial charge in [0.05, 0.1) is 40.1 Å². The number of nitrogens with zero attached hydrogens (tertiary/aromatic N) is 3. The van der Waals surface area contributed by atoms with Crippen LogP contribution in [0.15, 0.2) is 78.9 Å². The summed E-state index contributed by atoms with van der Waals surface area (Å²) in [4.78, 5) is 16.8. The molecule has 1 amide bonds. The van der Waals surface area contributed by atoms with Crippen LogP contribution in [0.2, 0.25) is 5.02 Å². The highest BCUT2D eigenvalue weighted by atomic mass is 35.5. The zero-order valence-electron chi connectivity index (χ0n) is 18.7. The fourth-order valence-corrected chi connectivity index (χ4v) is 5.22. The lowest BCUT2D eigenvalue weighted by atomic mass is 9.97. The summed E-state index contributed by atoms with van der Waals surface area (Å²) in [5.74, 6) is -0.225. The Labute approximate surface area is 202 Å². The zero-order chi connectivity index (χ0) is 23.6. The number of aromatic nitrogens is 1. The van der Waals surface area contributed by atoms with Crippen molar-refractivity contribution in [3.05, 3.63) is 101 Å². The number of rotatable bonds is 2. The van der Waals surface area contributed by atoms with Gasteiger partial charge < -0.3 is 19.9 Å². The second kappa shape index (κ2) is 7.65. The highest BCUT2D eigenvalue weighted by Crippen LogP contribution is 2.50. The minimum Gasteiger partial charge on any atom is -0.371 e. The maximum absolute atomic E-state index is 13.7. The Morgan fingerprint density at radius 3 is 2.29 bits per heavy atom. The predicted molar refractivity (Wildman–Crippen MR) is 135 cm³/mol. The Bertz CT molecular complexity index is 1410. The quantitative estimate of drug-likeness (QED) is 0.427. The second-order valence-corrected chi connectivity index (χ2v) is 9.11. The number of para-hydroxylation sites is 2. The molecule has 34 heavy (non-hydrogen) atoms. The molecule has 0 saturated heterocycles. The van der Waals surface area contributed by atoms with E-state index in [1.165, 1.54) is 4.90 Å². The number of halogens is 1. The Morgan fingerprint density at radius 1 is 0.882 bits per heavy atom. The molecule has 2 N–H and O–H groups in total. The number of aliphatic hydroxyl groups excluding tert-OH is 1. The minimum absolute atomic E-state index is 0.225. The first kappa shape index (κ1) is 20.8. The molecule has 4 aromatic rings. The fourth-order valence-electron chi connectivity index (χ4n) is 5.09. The number of amides is 1. The summed E-state index contributed by atoms with van der Waals surface area (Å²) in [5, 5.41) is 15.2. The number of hydrogen-bond acceptors (Lipinski definition) is 4. The smallest absolute Gasteiger partial charge is 0.261 e. The first-order valence-electron chi connectivity index (χ1n) is 11.1. The van der Waals surface area contributed by atoms with E-state index in [4.69, 9.17) is 11.6 Å². The number of anilines is 2. The van der Waals surface area contributed by atoms with Gasteiger partial charge in [-0.2, -0.15) is 0 Å². The lowest BCUT2D eigenvalue weighted by Gasteiger charge is -2.39. The van der Waals surface area contributed by atoms with Crippen molar-refractivity contribution in [3.8, 4) is 16.9 Å². The molecule has 3 aromatic carbocycles. The van der Waals surface area contributed by atoms with Crippen molar-refractivity contribution in [2.24, 2.45) is 0 Å². The van der Waals surface area contributed by atoms with Crippen LogP contribution in [0, 0.1) is 0 Å². The number of hydrogen-bond donors (Lipinski definition) is 2. The predicted octanol–water partition coefficient (Wildman–Crippen LogP) is 5.11. The average Bonchev–Trinajstić information content (AvgIpc) is 3.23. The summed E-state index contributed by atoms with van der Waals surface area (Å²) in [6.07, 6.45) is -1.07. The zero-order valence-corrected chi connectivity index (χ0v) is 19.5. The summed E-state index contributed by atoms with van der Waals surface area (Å²) >= 11 is 6.20. The van der Waals surface area contributed by atoms with E-state index in [1.54, 1.807) is 11.9 Å². The van der Waals surface area contributed by atoms with Crippen LogP contribution in [0.5, 0.6) is 0 Å². The summed E-state index contributed by atoms with van der Waals surface area (Å²) < 4.78 is 2.16. The summed E-state index contributed by atoms with van der Waals surface area (Å²) in [5.41, 5.74) is 6.83. The van der Waals surface area contributed by atoms with Crippen LogP contribution >= 0.6 is 11.6 Å². The molecule has 2 atom stereocenters. The van der Waals surface area contributed by atoms with E-state index < -0.39 is 6.35 Å². The van der Waals surface area contributed by atoms with Gasteiger partial charge in [-0.15, -0.1) is 0 Å². The number of fused-ring (bicyclic) bond motifs is 5. The Morgan fingerprint density at radius 2 is 1.56 bits per heavy atom. The number of benzene rings is 3. The topological polar surface area (TPSA) is 60.7 Å². The third-order valence-corrected chi connectivity index (χ3v) is 6.98. The number of carbonyl (C=O) groups excluding carboxylic acids is 1. The molecule has 2 aliphatic heterocycles. The van der Waals surface area contributed by atoms with E-state index in [0.717, 1.165) is 39.6 Å². The third-order valence-electron chi connectivity index (χ3n) is 6.73. The summed E-state index contributed by atoms with van der Waals surface area (Å²) in [6, 6.07) is 25.5. The minimum atomic E-state index is -1.07. The third kappa shape index (κ3) is 2.89. The van der Waals surface area contributed by atoms with Crippen LogP contribution in [0.1, 0.15) is 27.7 Å². The molecule has 0 radical (unpaired) electrons. The van der Waals surface area contributed by atoms with Gasteiger partial charge in [-0.1, -0.05) is 66.2 Å². The van der Waals surface area contributed by atoms with Gasteiger partial charge in [0.2, 0.25) is 6.35 Å². The molecule has 2 aliphatic rings. The van der Waals surface area contributed by atoms with Crippen molar-refractivity contribution in [3.63, 3.8) is 0 Å². The Hall–Kier alpha value is -3.74. The van der Waals surface area contributed by atoms with Crippen molar-refractivity contribution in [2.75, 3.05) is 24.3 Å². The van der Waals surface area contributed by atoms with Crippen LogP contribution in [-0.2, 0) is 0 Å². The lowest BCUT2D eigenvalue weighted by Crippen LogP contribution is -2.52. The number of aliphatic hydroxyl groups is 1. The van der Waals surface area contributed by atoms with Gasteiger partial charge in [-0.3, -0.25) is 9.69 Å². The van der Waals surface area contributed by atoms with Crippen molar-refractivity contribution in [1.29, 1.82) is 0 Å². The van der Waals surface area contributed by atoms with Gasteiger partial charge >= 0.3 is 0 Å². The molecule has 0 saturated carbocycles. The van der Waals surface area contributed by atoms with E-state index in [1.807, 2.05) is 73.8 Å². The molecule has 6 nitrogen and oxygen atoms in total. The summed E-state index contributed by atoms with van der Waals surface area (Å²) in [7, 11) is 3.44. The first-order chi connectivity index (χ1) is 16.5.